The molecule has 0 aliphatic carbocycles. The van der Waals surface area contributed by atoms with Gasteiger partial charge in [0.1, 0.15) is 0 Å². The topological polar surface area (TPSA) is 52.6 Å². The average Bonchev–Trinajstić information content (AvgIpc) is 2.41. The van der Waals surface area contributed by atoms with Gasteiger partial charge in [0, 0.05) is 18.3 Å². The zero-order valence-corrected chi connectivity index (χ0v) is 12.0. The van der Waals surface area contributed by atoms with E-state index >= 15 is 0 Å². The van der Waals surface area contributed by atoms with Crippen LogP contribution in [0.25, 0.3) is 0 Å². The standard InChI is InChI=1S/C15H24N2O2/c1-4-14(5-2)17(10-11-18)15(19)16-13-8-6-12(3)7-9-13/h6-9,14,18H,4-5,10-11H2,1-3H3,(H,16,19). The van der Waals surface area contributed by atoms with Gasteiger partial charge in [0.25, 0.3) is 0 Å². The Kier molecular flexibility index (Phi) is 6.36. The number of rotatable bonds is 6. The summed E-state index contributed by atoms with van der Waals surface area (Å²) in [6.45, 7) is 6.46. The predicted molar refractivity (Wildman–Crippen MR) is 78.4 cm³/mol. The summed E-state index contributed by atoms with van der Waals surface area (Å²) in [5, 5.41) is 12.0. The van der Waals surface area contributed by atoms with Crippen LogP contribution in [0.4, 0.5) is 10.5 Å². The van der Waals surface area contributed by atoms with E-state index in [1.165, 1.54) is 0 Å². The fourth-order valence-electron chi connectivity index (χ4n) is 2.12. The van der Waals surface area contributed by atoms with Crippen LogP contribution >= 0.6 is 0 Å². The van der Waals surface area contributed by atoms with Gasteiger partial charge in [-0.25, -0.2) is 4.79 Å². The van der Waals surface area contributed by atoms with E-state index in [0.717, 1.165) is 24.1 Å². The minimum absolute atomic E-state index is 0.0161. The van der Waals surface area contributed by atoms with Crippen LogP contribution in [0, 0.1) is 6.92 Å². The van der Waals surface area contributed by atoms with E-state index in [1.807, 2.05) is 31.2 Å². The molecule has 19 heavy (non-hydrogen) atoms. The van der Waals surface area contributed by atoms with Crippen LogP contribution in [0.15, 0.2) is 24.3 Å². The van der Waals surface area contributed by atoms with E-state index in [4.69, 9.17) is 5.11 Å². The number of aliphatic hydroxyl groups excluding tert-OH is 1. The van der Waals surface area contributed by atoms with Crippen LogP contribution in [0.2, 0.25) is 0 Å². The minimum atomic E-state index is -0.147. The number of aliphatic hydroxyl groups is 1. The van der Waals surface area contributed by atoms with Crippen LogP contribution in [0.5, 0.6) is 0 Å². The Morgan fingerprint density at radius 2 is 1.84 bits per heavy atom. The summed E-state index contributed by atoms with van der Waals surface area (Å²) in [6, 6.07) is 7.71. The largest absolute Gasteiger partial charge is 0.395 e. The molecule has 0 atom stereocenters. The lowest BCUT2D eigenvalue weighted by molar-refractivity contribution is 0.158. The molecule has 0 aromatic heterocycles. The zero-order chi connectivity index (χ0) is 14.3. The highest BCUT2D eigenvalue weighted by Crippen LogP contribution is 2.13. The molecular formula is C15H24N2O2. The first kappa shape index (κ1) is 15.5. The number of nitrogens with zero attached hydrogens (tertiary/aromatic N) is 1. The summed E-state index contributed by atoms with van der Waals surface area (Å²) in [5.74, 6) is 0. The molecule has 2 amide bonds. The summed E-state index contributed by atoms with van der Waals surface area (Å²) in [7, 11) is 0. The first-order valence-electron chi connectivity index (χ1n) is 6.87. The molecule has 0 bridgehead atoms. The van der Waals surface area contributed by atoms with Crippen molar-refractivity contribution in [2.75, 3.05) is 18.5 Å². The van der Waals surface area contributed by atoms with Gasteiger partial charge in [-0.3, -0.25) is 0 Å². The van der Waals surface area contributed by atoms with Crippen molar-refractivity contribution in [2.24, 2.45) is 0 Å². The second-order valence-corrected chi connectivity index (χ2v) is 4.68. The lowest BCUT2D eigenvalue weighted by atomic mass is 10.1. The first-order valence-corrected chi connectivity index (χ1v) is 6.87. The molecule has 0 heterocycles. The number of carbonyl (C=O) groups is 1. The van der Waals surface area contributed by atoms with Gasteiger partial charge >= 0.3 is 6.03 Å². The van der Waals surface area contributed by atoms with E-state index in [0.29, 0.717) is 6.54 Å². The van der Waals surface area contributed by atoms with Gasteiger partial charge in [-0.15, -0.1) is 0 Å². The Labute approximate surface area is 115 Å². The summed E-state index contributed by atoms with van der Waals surface area (Å²) in [5.41, 5.74) is 1.94. The van der Waals surface area contributed by atoms with Gasteiger partial charge in [0.15, 0.2) is 0 Å². The number of hydrogen-bond donors (Lipinski definition) is 2. The van der Waals surface area contributed by atoms with Crippen molar-refractivity contribution >= 4 is 11.7 Å². The van der Waals surface area contributed by atoms with Crippen molar-refractivity contribution in [3.8, 4) is 0 Å². The molecule has 0 saturated heterocycles. The quantitative estimate of drug-likeness (QED) is 0.830. The van der Waals surface area contributed by atoms with Gasteiger partial charge in [-0.05, 0) is 31.9 Å². The van der Waals surface area contributed by atoms with Crippen LogP contribution < -0.4 is 5.32 Å². The molecule has 0 spiro atoms. The maximum absolute atomic E-state index is 12.3. The Morgan fingerprint density at radius 1 is 1.26 bits per heavy atom. The third-order valence-corrected chi connectivity index (χ3v) is 3.29. The average molecular weight is 264 g/mol. The van der Waals surface area contributed by atoms with Gasteiger partial charge < -0.3 is 15.3 Å². The lowest BCUT2D eigenvalue weighted by Crippen LogP contribution is -2.44. The molecule has 1 rings (SSSR count). The Morgan fingerprint density at radius 3 is 2.32 bits per heavy atom. The number of hydrogen-bond acceptors (Lipinski definition) is 2. The normalized spacial score (nSPS) is 10.6. The molecule has 4 heteroatoms. The van der Waals surface area contributed by atoms with Crippen molar-refractivity contribution in [1.29, 1.82) is 0 Å². The second kappa shape index (κ2) is 7.79. The van der Waals surface area contributed by atoms with E-state index in [1.54, 1.807) is 4.90 Å². The molecular weight excluding hydrogens is 240 g/mol. The SMILES string of the molecule is CCC(CC)N(CCO)C(=O)Nc1ccc(C)cc1. The maximum Gasteiger partial charge on any atom is 0.322 e. The van der Waals surface area contributed by atoms with Gasteiger partial charge in [-0.1, -0.05) is 31.5 Å². The summed E-state index contributed by atoms with van der Waals surface area (Å²) in [4.78, 5) is 14.0. The molecule has 1 aromatic carbocycles. The predicted octanol–water partition coefficient (Wildman–Crippen LogP) is 3.01. The Balaban J connectivity index is 2.73. The molecule has 2 N–H and O–H groups in total. The highest BCUT2D eigenvalue weighted by molar-refractivity contribution is 5.89. The number of anilines is 1. The molecule has 4 nitrogen and oxygen atoms in total. The van der Waals surface area contributed by atoms with Crippen molar-refractivity contribution in [2.45, 2.75) is 39.7 Å². The number of urea groups is 1. The third kappa shape index (κ3) is 4.56. The molecule has 0 aliphatic rings. The van der Waals surface area contributed by atoms with Gasteiger partial charge in [0.2, 0.25) is 0 Å². The van der Waals surface area contributed by atoms with Crippen molar-refractivity contribution in [3.05, 3.63) is 29.8 Å². The molecule has 0 saturated carbocycles. The van der Waals surface area contributed by atoms with Crippen molar-refractivity contribution < 1.29 is 9.90 Å². The highest BCUT2D eigenvalue weighted by atomic mass is 16.3. The number of aryl methyl sites for hydroxylation is 1. The summed E-state index contributed by atoms with van der Waals surface area (Å²) in [6.07, 6.45) is 1.77. The zero-order valence-electron chi connectivity index (χ0n) is 12.0. The van der Waals surface area contributed by atoms with E-state index in [9.17, 15) is 4.79 Å². The lowest BCUT2D eigenvalue weighted by Gasteiger charge is -2.30. The number of amides is 2. The maximum atomic E-state index is 12.3. The van der Waals surface area contributed by atoms with Crippen LogP contribution in [0.1, 0.15) is 32.3 Å². The first-order chi connectivity index (χ1) is 9.12. The molecule has 1 aromatic rings. The minimum Gasteiger partial charge on any atom is -0.395 e. The highest BCUT2D eigenvalue weighted by Gasteiger charge is 2.20. The monoisotopic (exact) mass is 264 g/mol. The number of benzene rings is 1. The second-order valence-electron chi connectivity index (χ2n) is 4.68. The Bertz CT molecular complexity index is 386. The number of nitrogens with one attached hydrogen (secondary N) is 1. The Hall–Kier alpha value is -1.55. The molecule has 0 radical (unpaired) electrons. The molecule has 0 aliphatic heterocycles. The van der Waals surface area contributed by atoms with Crippen LogP contribution in [0.3, 0.4) is 0 Å². The third-order valence-electron chi connectivity index (χ3n) is 3.29. The van der Waals surface area contributed by atoms with Crippen molar-refractivity contribution in [3.63, 3.8) is 0 Å². The van der Waals surface area contributed by atoms with Crippen LogP contribution in [-0.2, 0) is 0 Å². The fourth-order valence-corrected chi connectivity index (χ4v) is 2.12. The summed E-state index contributed by atoms with van der Waals surface area (Å²) >= 11 is 0. The van der Waals surface area contributed by atoms with Gasteiger partial charge in [-0.2, -0.15) is 0 Å². The van der Waals surface area contributed by atoms with Gasteiger partial charge in [0.05, 0.1) is 6.61 Å². The van der Waals surface area contributed by atoms with Crippen LogP contribution in [-0.4, -0.2) is 35.2 Å². The van der Waals surface area contributed by atoms with E-state index in [2.05, 4.69) is 19.2 Å². The van der Waals surface area contributed by atoms with E-state index < -0.39 is 0 Å². The number of carbonyl (C=O) groups excluding carboxylic acids is 1. The fraction of sp³-hybridized carbons (Fsp3) is 0.533. The van der Waals surface area contributed by atoms with E-state index in [-0.39, 0.29) is 18.7 Å². The van der Waals surface area contributed by atoms with Crippen molar-refractivity contribution in [1.82, 2.24) is 4.90 Å². The molecule has 0 unspecified atom stereocenters. The molecule has 0 fully saturated rings. The smallest absolute Gasteiger partial charge is 0.322 e. The summed E-state index contributed by atoms with van der Waals surface area (Å²) < 4.78 is 0. The molecule has 106 valence electrons.